The van der Waals surface area contributed by atoms with Gasteiger partial charge in [-0.25, -0.2) is 9.59 Å². The third-order valence-electron chi connectivity index (χ3n) is 3.31. The Morgan fingerprint density at radius 3 is 2.42 bits per heavy atom. The van der Waals surface area contributed by atoms with Crippen molar-refractivity contribution in [3.63, 3.8) is 0 Å². The number of carbonyl (C=O) groups is 2. The maximum absolute atomic E-state index is 12.2. The van der Waals surface area contributed by atoms with Crippen LogP contribution in [0.4, 0.5) is 0 Å². The predicted octanol–water partition coefficient (Wildman–Crippen LogP) is 2.75. The number of furan rings is 1. The van der Waals surface area contributed by atoms with Crippen LogP contribution >= 0.6 is 0 Å². The zero-order valence-corrected chi connectivity index (χ0v) is 13.9. The maximum Gasteiger partial charge on any atom is 0.374 e. The van der Waals surface area contributed by atoms with Crippen LogP contribution in [0.15, 0.2) is 28.7 Å². The number of ether oxygens (including phenoxy) is 4. The lowest BCUT2D eigenvalue weighted by molar-refractivity contribution is 0.0435. The summed E-state index contributed by atoms with van der Waals surface area (Å²) < 4.78 is 25.4. The van der Waals surface area contributed by atoms with Gasteiger partial charge >= 0.3 is 11.9 Å². The Kier molecular flexibility index (Phi) is 5.47. The van der Waals surface area contributed by atoms with E-state index in [4.69, 9.17) is 18.6 Å². The van der Waals surface area contributed by atoms with Crippen LogP contribution in [0.1, 0.15) is 32.2 Å². The molecule has 0 fully saturated rings. The van der Waals surface area contributed by atoms with Crippen LogP contribution < -0.4 is 9.47 Å². The molecule has 0 aliphatic carbocycles. The Bertz CT molecular complexity index is 745. The number of hydrogen-bond acceptors (Lipinski definition) is 7. The van der Waals surface area contributed by atoms with Gasteiger partial charge in [-0.2, -0.15) is 0 Å². The van der Waals surface area contributed by atoms with Gasteiger partial charge in [0.25, 0.3) is 0 Å². The second-order valence-corrected chi connectivity index (χ2v) is 4.86. The molecule has 0 unspecified atom stereocenters. The third-order valence-corrected chi connectivity index (χ3v) is 3.31. The topological polar surface area (TPSA) is 84.2 Å². The van der Waals surface area contributed by atoms with E-state index in [-0.39, 0.29) is 17.9 Å². The summed E-state index contributed by atoms with van der Waals surface area (Å²) in [5.74, 6) is 0.169. The van der Waals surface area contributed by atoms with E-state index in [9.17, 15) is 9.59 Å². The molecule has 0 N–H and O–H groups in total. The SMILES string of the molecule is COC(=O)c1oc(COC(=O)c2ccc(OC)cc2OC)cc1C. The molecule has 0 saturated heterocycles. The number of rotatable bonds is 6. The fourth-order valence-corrected chi connectivity index (χ4v) is 2.10. The van der Waals surface area contributed by atoms with Gasteiger partial charge < -0.3 is 23.4 Å². The van der Waals surface area contributed by atoms with Crippen LogP contribution in [0.5, 0.6) is 11.5 Å². The summed E-state index contributed by atoms with van der Waals surface area (Å²) >= 11 is 0. The fourth-order valence-electron chi connectivity index (χ4n) is 2.10. The molecule has 0 aliphatic rings. The lowest BCUT2D eigenvalue weighted by Crippen LogP contribution is -2.07. The van der Waals surface area contributed by atoms with Gasteiger partial charge in [0.1, 0.15) is 29.4 Å². The number of carbonyl (C=O) groups excluding carboxylic acids is 2. The minimum Gasteiger partial charge on any atom is -0.497 e. The van der Waals surface area contributed by atoms with Crippen molar-refractivity contribution in [2.24, 2.45) is 0 Å². The number of hydrogen-bond donors (Lipinski definition) is 0. The first-order valence-corrected chi connectivity index (χ1v) is 7.07. The molecular formula is C17H18O7. The summed E-state index contributed by atoms with van der Waals surface area (Å²) in [6.07, 6.45) is 0. The third kappa shape index (κ3) is 3.68. The fraction of sp³-hybridized carbons (Fsp3) is 0.294. The van der Waals surface area contributed by atoms with Gasteiger partial charge in [-0.15, -0.1) is 0 Å². The van der Waals surface area contributed by atoms with Crippen molar-refractivity contribution in [2.45, 2.75) is 13.5 Å². The molecule has 0 atom stereocenters. The quantitative estimate of drug-likeness (QED) is 0.751. The summed E-state index contributed by atoms with van der Waals surface area (Å²) in [7, 11) is 4.23. The molecule has 7 nitrogen and oxygen atoms in total. The van der Waals surface area contributed by atoms with Crippen LogP contribution in [0.2, 0.25) is 0 Å². The molecule has 2 rings (SSSR count). The molecule has 0 amide bonds. The van der Waals surface area contributed by atoms with Gasteiger partial charge in [0.15, 0.2) is 0 Å². The van der Waals surface area contributed by atoms with Crippen LogP contribution in [0.3, 0.4) is 0 Å². The smallest absolute Gasteiger partial charge is 0.374 e. The Morgan fingerprint density at radius 1 is 1.04 bits per heavy atom. The molecule has 24 heavy (non-hydrogen) atoms. The molecule has 1 heterocycles. The van der Waals surface area contributed by atoms with E-state index in [0.717, 1.165) is 0 Å². The van der Waals surface area contributed by atoms with E-state index in [1.165, 1.54) is 21.3 Å². The zero-order valence-electron chi connectivity index (χ0n) is 13.9. The van der Waals surface area contributed by atoms with Gasteiger partial charge in [0, 0.05) is 11.6 Å². The maximum atomic E-state index is 12.2. The van der Waals surface area contributed by atoms with Gasteiger partial charge in [0.05, 0.1) is 21.3 Å². The van der Waals surface area contributed by atoms with Crippen LogP contribution in [0, 0.1) is 6.92 Å². The van der Waals surface area contributed by atoms with Crippen molar-refractivity contribution in [3.8, 4) is 11.5 Å². The average molecular weight is 334 g/mol. The highest BCUT2D eigenvalue weighted by Crippen LogP contribution is 2.25. The highest BCUT2D eigenvalue weighted by Gasteiger charge is 2.19. The molecule has 7 heteroatoms. The summed E-state index contributed by atoms with van der Waals surface area (Å²) in [4.78, 5) is 23.7. The molecular weight excluding hydrogens is 316 g/mol. The molecule has 0 radical (unpaired) electrons. The van der Waals surface area contributed by atoms with E-state index in [2.05, 4.69) is 4.74 Å². The van der Waals surface area contributed by atoms with E-state index in [1.54, 1.807) is 31.2 Å². The molecule has 0 aliphatic heterocycles. The van der Waals surface area contributed by atoms with Gasteiger partial charge in [0.2, 0.25) is 5.76 Å². The number of esters is 2. The summed E-state index contributed by atoms with van der Waals surface area (Å²) in [6, 6.07) is 6.38. The molecule has 0 spiro atoms. The van der Waals surface area contributed by atoms with E-state index < -0.39 is 11.9 Å². The second kappa shape index (κ2) is 7.54. The van der Waals surface area contributed by atoms with E-state index in [0.29, 0.717) is 22.8 Å². The molecule has 2 aromatic rings. The first-order valence-electron chi connectivity index (χ1n) is 7.07. The van der Waals surface area contributed by atoms with Crippen molar-refractivity contribution in [1.29, 1.82) is 0 Å². The normalized spacial score (nSPS) is 10.2. The van der Waals surface area contributed by atoms with Crippen LogP contribution in [-0.4, -0.2) is 33.3 Å². The zero-order chi connectivity index (χ0) is 17.7. The lowest BCUT2D eigenvalue weighted by atomic mass is 10.2. The van der Waals surface area contributed by atoms with Crippen LogP contribution in [0.25, 0.3) is 0 Å². The number of benzene rings is 1. The highest BCUT2D eigenvalue weighted by molar-refractivity contribution is 5.92. The van der Waals surface area contributed by atoms with Crippen molar-refractivity contribution >= 4 is 11.9 Å². The number of methoxy groups -OCH3 is 3. The van der Waals surface area contributed by atoms with Crippen molar-refractivity contribution in [1.82, 2.24) is 0 Å². The minimum atomic E-state index is -0.582. The summed E-state index contributed by atoms with van der Waals surface area (Å²) in [5.41, 5.74) is 0.865. The Morgan fingerprint density at radius 2 is 1.79 bits per heavy atom. The molecule has 0 saturated carbocycles. The molecule has 1 aromatic heterocycles. The summed E-state index contributed by atoms with van der Waals surface area (Å²) in [5, 5.41) is 0. The van der Waals surface area contributed by atoms with Crippen molar-refractivity contribution in [2.75, 3.05) is 21.3 Å². The Labute approximate surface area is 139 Å². The molecule has 1 aromatic carbocycles. The largest absolute Gasteiger partial charge is 0.497 e. The van der Waals surface area contributed by atoms with Gasteiger partial charge in [-0.05, 0) is 25.1 Å². The van der Waals surface area contributed by atoms with Gasteiger partial charge in [-0.3, -0.25) is 0 Å². The minimum absolute atomic E-state index is 0.0885. The van der Waals surface area contributed by atoms with Crippen LogP contribution in [-0.2, 0) is 16.1 Å². The number of aryl methyl sites for hydroxylation is 1. The van der Waals surface area contributed by atoms with E-state index in [1.807, 2.05) is 0 Å². The average Bonchev–Trinajstić information content (AvgIpc) is 2.99. The van der Waals surface area contributed by atoms with Gasteiger partial charge in [-0.1, -0.05) is 0 Å². The molecule has 128 valence electrons. The summed E-state index contributed by atoms with van der Waals surface area (Å²) in [6.45, 7) is 1.58. The first-order chi connectivity index (χ1) is 11.5. The second-order valence-electron chi connectivity index (χ2n) is 4.86. The van der Waals surface area contributed by atoms with Crippen molar-refractivity contribution < 1.29 is 33.0 Å². The standard InChI is InChI=1S/C17H18O7/c1-10-7-12(24-15(10)17(19)22-4)9-23-16(18)13-6-5-11(20-2)8-14(13)21-3/h5-8H,9H2,1-4H3. The first kappa shape index (κ1) is 17.4. The monoisotopic (exact) mass is 334 g/mol. The Balaban J connectivity index is 2.10. The van der Waals surface area contributed by atoms with E-state index >= 15 is 0 Å². The lowest BCUT2D eigenvalue weighted by Gasteiger charge is -2.09. The van der Waals surface area contributed by atoms with Crippen molar-refractivity contribution in [3.05, 3.63) is 46.9 Å². The highest BCUT2D eigenvalue weighted by atomic mass is 16.6. The Hall–Kier alpha value is -2.96. The molecule has 0 bridgehead atoms. The predicted molar refractivity (Wildman–Crippen MR) is 83.5 cm³/mol.